The normalized spacial score (nSPS) is 13.4. The molecule has 0 amide bonds. The van der Waals surface area contributed by atoms with Crippen molar-refractivity contribution in [3.63, 3.8) is 0 Å². The van der Waals surface area contributed by atoms with Crippen molar-refractivity contribution in [3.05, 3.63) is 53.6 Å². The molecule has 1 aliphatic rings. The van der Waals surface area contributed by atoms with Crippen molar-refractivity contribution in [2.75, 3.05) is 24.3 Å². The van der Waals surface area contributed by atoms with Gasteiger partial charge in [-0.2, -0.15) is 0 Å². The Balaban J connectivity index is 1.76. The average molecular weight is 268 g/mol. The van der Waals surface area contributed by atoms with Crippen LogP contribution < -0.4 is 15.4 Å². The monoisotopic (exact) mass is 268 g/mol. The van der Waals surface area contributed by atoms with Crippen molar-refractivity contribution in [2.24, 2.45) is 0 Å². The number of nitrogens with zero attached hydrogens (tertiary/aromatic N) is 1. The summed E-state index contributed by atoms with van der Waals surface area (Å²) in [5.41, 5.74) is 10.3. The van der Waals surface area contributed by atoms with Crippen LogP contribution in [0.2, 0.25) is 0 Å². The lowest BCUT2D eigenvalue weighted by Gasteiger charge is -2.23. The minimum absolute atomic E-state index is 0.808. The number of nitrogens with two attached hydrogens (primary N) is 1. The van der Waals surface area contributed by atoms with Crippen molar-refractivity contribution in [3.8, 4) is 5.75 Å². The second-order valence-electron chi connectivity index (χ2n) is 5.34. The van der Waals surface area contributed by atoms with Crippen LogP contribution in [-0.2, 0) is 13.0 Å². The van der Waals surface area contributed by atoms with E-state index in [9.17, 15) is 0 Å². The Morgan fingerprint density at radius 1 is 1.15 bits per heavy atom. The van der Waals surface area contributed by atoms with Crippen LogP contribution in [0.25, 0.3) is 0 Å². The first-order valence-corrected chi connectivity index (χ1v) is 7.04. The van der Waals surface area contributed by atoms with Gasteiger partial charge < -0.3 is 15.4 Å². The number of ether oxygens (including phenoxy) is 1. The topological polar surface area (TPSA) is 38.5 Å². The molecule has 104 valence electrons. The molecule has 0 fully saturated rings. The van der Waals surface area contributed by atoms with Gasteiger partial charge in [-0.25, -0.2) is 0 Å². The van der Waals surface area contributed by atoms with Crippen LogP contribution in [-0.4, -0.2) is 13.7 Å². The molecule has 0 aromatic heterocycles. The molecule has 2 N–H and O–H groups in total. The average Bonchev–Trinajstić information content (AvgIpc) is 2.49. The maximum absolute atomic E-state index is 5.72. The lowest BCUT2D eigenvalue weighted by Crippen LogP contribution is -2.17. The maximum Gasteiger partial charge on any atom is 0.122 e. The van der Waals surface area contributed by atoms with Crippen molar-refractivity contribution >= 4 is 11.4 Å². The smallest absolute Gasteiger partial charge is 0.122 e. The molecular formula is C17H20N2O. The van der Waals surface area contributed by atoms with Gasteiger partial charge in [0.1, 0.15) is 5.75 Å². The molecule has 0 spiro atoms. The van der Waals surface area contributed by atoms with Crippen LogP contribution in [0.1, 0.15) is 17.5 Å². The van der Waals surface area contributed by atoms with Crippen molar-refractivity contribution in [1.29, 1.82) is 0 Å². The van der Waals surface area contributed by atoms with Gasteiger partial charge in [0.05, 0.1) is 6.61 Å². The molecule has 2 aromatic rings. The van der Waals surface area contributed by atoms with Crippen molar-refractivity contribution < 1.29 is 4.74 Å². The fourth-order valence-electron chi connectivity index (χ4n) is 2.57. The zero-order valence-corrected chi connectivity index (χ0v) is 11.8. The first kappa shape index (κ1) is 12.9. The summed E-state index contributed by atoms with van der Waals surface area (Å²) in [4.78, 5) is 2.25. The van der Waals surface area contributed by atoms with Gasteiger partial charge in [-0.05, 0) is 54.3 Å². The molecule has 3 rings (SSSR count). The minimum Gasteiger partial charge on any atom is -0.493 e. The number of anilines is 2. The van der Waals surface area contributed by atoms with E-state index in [-0.39, 0.29) is 0 Å². The molecule has 20 heavy (non-hydrogen) atoms. The molecule has 0 unspecified atom stereocenters. The second kappa shape index (κ2) is 5.45. The van der Waals surface area contributed by atoms with E-state index in [4.69, 9.17) is 10.5 Å². The van der Waals surface area contributed by atoms with Gasteiger partial charge in [0.2, 0.25) is 0 Å². The van der Waals surface area contributed by atoms with E-state index in [1.165, 1.54) is 16.8 Å². The number of aryl methyl sites for hydroxylation is 1. The summed E-state index contributed by atoms with van der Waals surface area (Å²) < 4.78 is 5.66. The standard InChI is InChI=1S/C17H20N2O/c1-19(12-13-4-6-15(18)7-5-13)16-8-9-17-14(11-16)3-2-10-20-17/h4-9,11H,2-3,10,12,18H2,1H3. The molecule has 3 nitrogen and oxygen atoms in total. The highest BCUT2D eigenvalue weighted by atomic mass is 16.5. The molecule has 0 radical (unpaired) electrons. The Morgan fingerprint density at radius 2 is 1.95 bits per heavy atom. The number of fused-ring (bicyclic) bond motifs is 1. The maximum atomic E-state index is 5.72. The fraction of sp³-hybridized carbons (Fsp3) is 0.294. The van der Waals surface area contributed by atoms with E-state index in [1.807, 2.05) is 12.1 Å². The van der Waals surface area contributed by atoms with Gasteiger partial charge in [-0.3, -0.25) is 0 Å². The molecule has 2 aromatic carbocycles. The Kier molecular flexibility index (Phi) is 3.50. The number of nitrogen functional groups attached to an aromatic ring is 1. The summed E-state index contributed by atoms with van der Waals surface area (Å²) in [6.07, 6.45) is 2.22. The molecule has 0 saturated carbocycles. The Hall–Kier alpha value is -2.16. The van der Waals surface area contributed by atoms with E-state index in [1.54, 1.807) is 0 Å². The Labute approximate surface area is 120 Å². The second-order valence-corrected chi connectivity index (χ2v) is 5.34. The van der Waals surface area contributed by atoms with Gasteiger partial charge in [0, 0.05) is 25.0 Å². The van der Waals surface area contributed by atoms with Gasteiger partial charge in [0.25, 0.3) is 0 Å². The lowest BCUT2D eigenvalue weighted by molar-refractivity contribution is 0.288. The predicted molar refractivity (Wildman–Crippen MR) is 83.2 cm³/mol. The fourth-order valence-corrected chi connectivity index (χ4v) is 2.57. The van der Waals surface area contributed by atoms with Crippen LogP contribution in [0, 0.1) is 0 Å². The van der Waals surface area contributed by atoms with E-state index >= 15 is 0 Å². The highest BCUT2D eigenvalue weighted by Gasteiger charge is 2.12. The summed E-state index contributed by atoms with van der Waals surface area (Å²) in [7, 11) is 2.11. The number of hydrogen-bond donors (Lipinski definition) is 1. The van der Waals surface area contributed by atoms with Gasteiger partial charge in [-0.15, -0.1) is 0 Å². The SMILES string of the molecule is CN(Cc1ccc(N)cc1)c1ccc2c(c1)CCCO2. The zero-order valence-electron chi connectivity index (χ0n) is 11.8. The van der Waals surface area contributed by atoms with Crippen LogP contribution in [0.15, 0.2) is 42.5 Å². The molecule has 1 heterocycles. The van der Waals surface area contributed by atoms with Gasteiger partial charge in [-0.1, -0.05) is 12.1 Å². The lowest BCUT2D eigenvalue weighted by atomic mass is 10.1. The van der Waals surface area contributed by atoms with Crippen molar-refractivity contribution in [1.82, 2.24) is 0 Å². The van der Waals surface area contributed by atoms with Crippen LogP contribution >= 0.6 is 0 Å². The molecule has 0 aliphatic carbocycles. The number of rotatable bonds is 3. The van der Waals surface area contributed by atoms with Crippen molar-refractivity contribution in [2.45, 2.75) is 19.4 Å². The quantitative estimate of drug-likeness (QED) is 0.869. The predicted octanol–water partition coefficient (Wildman–Crippen LogP) is 3.23. The van der Waals surface area contributed by atoms with Gasteiger partial charge in [0.15, 0.2) is 0 Å². The molecular weight excluding hydrogens is 248 g/mol. The largest absolute Gasteiger partial charge is 0.493 e. The third-order valence-electron chi connectivity index (χ3n) is 3.73. The third-order valence-corrected chi connectivity index (χ3v) is 3.73. The molecule has 1 aliphatic heterocycles. The summed E-state index contributed by atoms with van der Waals surface area (Å²) in [5.74, 6) is 1.04. The summed E-state index contributed by atoms with van der Waals surface area (Å²) >= 11 is 0. The number of hydrogen-bond acceptors (Lipinski definition) is 3. The summed E-state index contributed by atoms with van der Waals surface area (Å²) in [6.45, 7) is 1.72. The zero-order chi connectivity index (χ0) is 13.9. The Bertz CT molecular complexity index is 592. The van der Waals surface area contributed by atoms with E-state index < -0.39 is 0 Å². The van der Waals surface area contributed by atoms with Crippen LogP contribution in [0.4, 0.5) is 11.4 Å². The Morgan fingerprint density at radius 3 is 2.75 bits per heavy atom. The van der Waals surface area contributed by atoms with Crippen LogP contribution in [0.3, 0.4) is 0 Å². The van der Waals surface area contributed by atoms with E-state index in [0.29, 0.717) is 0 Å². The third kappa shape index (κ3) is 2.72. The van der Waals surface area contributed by atoms with Crippen LogP contribution in [0.5, 0.6) is 5.75 Å². The molecule has 0 saturated heterocycles. The highest BCUT2D eigenvalue weighted by Crippen LogP contribution is 2.29. The molecule has 0 bridgehead atoms. The first-order chi connectivity index (χ1) is 9.72. The summed E-state index contributed by atoms with van der Waals surface area (Å²) in [5, 5.41) is 0. The summed E-state index contributed by atoms with van der Waals surface area (Å²) in [6, 6.07) is 14.5. The number of benzene rings is 2. The molecule has 3 heteroatoms. The molecule has 0 atom stereocenters. The minimum atomic E-state index is 0.808. The van der Waals surface area contributed by atoms with E-state index in [2.05, 4.69) is 42.3 Å². The van der Waals surface area contributed by atoms with E-state index in [0.717, 1.165) is 37.4 Å². The highest BCUT2D eigenvalue weighted by molar-refractivity contribution is 5.54. The first-order valence-electron chi connectivity index (χ1n) is 7.04. The van der Waals surface area contributed by atoms with Gasteiger partial charge >= 0.3 is 0 Å².